The van der Waals surface area contributed by atoms with Gasteiger partial charge in [-0.15, -0.1) is 17.1 Å². The third-order valence-corrected chi connectivity index (χ3v) is 10.3. The minimum atomic E-state index is -0.180. The number of thiophene rings is 1. The van der Waals surface area contributed by atoms with Gasteiger partial charge in [-0.25, -0.2) is 0 Å². The molecule has 53 heavy (non-hydrogen) atoms. The number of rotatable bonds is 0. The Morgan fingerprint density at radius 3 is 1.38 bits per heavy atom. The van der Waals surface area contributed by atoms with Crippen LogP contribution in [-0.4, -0.2) is 14.1 Å². The van der Waals surface area contributed by atoms with Gasteiger partial charge in [0.05, 0.1) is 5.41 Å². The second-order valence-electron chi connectivity index (χ2n) is 12.1. The van der Waals surface area contributed by atoms with Gasteiger partial charge in [-0.3, -0.25) is 0 Å². The number of nitrogens with one attached hydrogen (secondary N) is 1. The highest BCUT2D eigenvalue weighted by atomic mass is 32.1. The molecule has 0 saturated carbocycles. The summed E-state index contributed by atoms with van der Waals surface area (Å²) in [7, 11) is 3.75. The van der Waals surface area contributed by atoms with Crippen molar-refractivity contribution >= 4 is 33.6 Å². The molecule has 0 aliphatic heterocycles. The topological polar surface area (TPSA) is 12.0 Å². The molecule has 266 valence electrons. The summed E-state index contributed by atoms with van der Waals surface area (Å²) in [5, 5.41) is 5.42. The molecule has 10 rings (SSSR count). The van der Waals surface area contributed by atoms with E-state index in [0.29, 0.717) is 0 Å². The number of hydrogen-bond acceptors (Lipinski definition) is 2. The summed E-state index contributed by atoms with van der Waals surface area (Å²) in [5.74, 6) is 0. The predicted molar refractivity (Wildman–Crippen MR) is 235 cm³/mol. The molecule has 1 spiro atoms. The minimum Gasteiger partial charge on any atom is -0.323 e. The van der Waals surface area contributed by atoms with Crippen molar-refractivity contribution < 1.29 is 0 Å². The van der Waals surface area contributed by atoms with Crippen molar-refractivity contribution in [3.8, 4) is 22.3 Å². The third-order valence-electron chi connectivity index (χ3n) is 9.12. The van der Waals surface area contributed by atoms with Crippen LogP contribution in [0.3, 0.4) is 0 Å². The number of allylic oxidation sites excluding steroid dienone is 7. The van der Waals surface area contributed by atoms with Crippen molar-refractivity contribution in [2.24, 2.45) is 0 Å². The number of benzene rings is 5. The summed E-state index contributed by atoms with van der Waals surface area (Å²) in [4.78, 5) is 0. The Kier molecular flexibility index (Phi) is 14.2. The van der Waals surface area contributed by atoms with E-state index in [-0.39, 0.29) is 5.41 Å². The van der Waals surface area contributed by atoms with E-state index in [1.165, 1.54) is 64.3 Å². The monoisotopic (exact) mass is 709 g/mol. The van der Waals surface area contributed by atoms with E-state index < -0.39 is 0 Å². The van der Waals surface area contributed by atoms with Gasteiger partial charge in [0.1, 0.15) is 0 Å². The van der Waals surface area contributed by atoms with Crippen LogP contribution in [-0.2, 0) is 5.41 Å². The van der Waals surface area contributed by atoms with Gasteiger partial charge in [-0.05, 0) is 95.4 Å². The first-order chi connectivity index (χ1) is 26.3. The molecule has 4 aliphatic carbocycles. The van der Waals surface area contributed by atoms with E-state index in [1.807, 2.05) is 77.4 Å². The summed E-state index contributed by atoms with van der Waals surface area (Å²) in [6, 6.07) is 44.2. The van der Waals surface area contributed by atoms with Gasteiger partial charge >= 0.3 is 0 Å². The van der Waals surface area contributed by atoms with E-state index in [2.05, 4.69) is 169 Å². The van der Waals surface area contributed by atoms with Crippen LogP contribution >= 0.6 is 11.3 Å². The summed E-state index contributed by atoms with van der Waals surface area (Å²) >= 11 is 1.83. The van der Waals surface area contributed by atoms with Crippen molar-refractivity contribution in [3.63, 3.8) is 0 Å². The van der Waals surface area contributed by atoms with Crippen LogP contribution < -0.4 is 15.1 Å². The van der Waals surface area contributed by atoms with Gasteiger partial charge in [0.25, 0.3) is 0 Å². The lowest BCUT2D eigenvalue weighted by atomic mass is 9.70. The molecule has 0 unspecified atom stereocenters. The largest absolute Gasteiger partial charge is 0.323 e. The molecule has 1 nitrogen and oxygen atoms in total. The average molecular weight is 710 g/mol. The zero-order chi connectivity index (χ0) is 37.5. The minimum absolute atomic E-state index is 0.180. The Hall–Kier alpha value is -5.50. The first-order valence-corrected chi connectivity index (χ1v) is 19.7. The molecule has 4 aliphatic rings. The lowest BCUT2D eigenvalue weighted by Gasteiger charge is -2.30. The molecule has 0 atom stereocenters. The molecule has 0 fully saturated rings. The third kappa shape index (κ3) is 7.82. The molecular formula is C51H51NS. The highest BCUT2D eigenvalue weighted by molar-refractivity contribution is 7.17. The van der Waals surface area contributed by atoms with Crippen molar-refractivity contribution in [1.29, 1.82) is 0 Å². The zero-order valence-electron chi connectivity index (χ0n) is 31.9. The van der Waals surface area contributed by atoms with E-state index >= 15 is 0 Å². The molecule has 5 aromatic carbocycles. The Balaban J connectivity index is 0.000000163. The van der Waals surface area contributed by atoms with Crippen molar-refractivity contribution in [2.45, 2.75) is 39.5 Å². The van der Waals surface area contributed by atoms with Crippen LogP contribution in [0.1, 0.15) is 56.4 Å². The summed E-state index contributed by atoms with van der Waals surface area (Å²) in [6.45, 7) is 8.00. The molecule has 1 heterocycles. The molecule has 0 bridgehead atoms. The van der Waals surface area contributed by atoms with E-state index in [4.69, 9.17) is 0 Å². The fourth-order valence-corrected chi connectivity index (χ4v) is 8.36. The van der Waals surface area contributed by atoms with Crippen molar-refractivity contribution in [3.05, 3.63) is 208 Å². The zero-order valence-corrected chi connectivity index (χ0v) is 32.8. The average Bonchev–Trinajstić information content (AvgIpc) is 3.58. The van der Waals surface area contributed by atoms with E-state index in [0.717, 1.165) is 6.42 Å². The molecule has 2 heteroatoms. The summed E-state index contributed by atoms with van der Waals surface area (Å²) in [6.07, 6.45) is 21.7. The normalized spacial score (nSPS) is 13.2. The lowest BCUT2D eigenvalue weighted by molar-refractivity contribution is 0.794. The quantitative estimate of drug-likeness (QED) is 0.155. The van der Waals surface area contributed by atoms with Gasteiger partial charge in [0.15, 0.2) is 0 Å². The van der Waals surface area contributed by atoms with Gasteiger partial charge in [0, 0.05) is 19.8 Å². The maximum atomic E-state index is 3.09. The first kappa shape index (κ1) is 38.7. The van der Waals surface area contributed by atoms with Crippen LogP contribution in [0.4, 0.5) is 0 Å². The van der Waals surface area contributed by atoms with Gasteiger partial charge in [-0.2, -0.15) is 0 Å². The number of fused-ring (bicyclic) bond motifs is 13. The van der Waals surface area contributed by atoms with Crippen LogP contribution in [0.15, 0.2) is 176 Å². The molecule has 1 N–H and O–H groups in total. The smallest absolute Gasteiger partial charge is 0.0725 e. The fraction of sp³-hybridized carbons (Fsp3) is 0.157. The Morgan fingerprint density at radius 2 is 0.906 bits per heavy atom. The van der Waals surface area contributed by atoms with Crippen LogP contribution in [0.2, 0.25) is 0 Å². The Bertz CT molecular complexity index is 2210. The molecule has 1 aromatic heterocycles. The molecular weight excluding hydrogens is 659 g/mol. The summed E-state index contributed by atoms with van der Waals surface area (Å²) in [5.41, 5.74) is 14.0. The maximum absolute atomic E-state index is 3.09. The van der Waals surface area contributed by atoms with Crippen LogP contribution in [0, 0.1) is 0 Å². The molecule has 6 aromatic rings. The lowest BCUT2D eigenvalue weighted by Crippen LogP contribution is -2.25. The van der Waals surface area contributed by atoms with Crippen LogP contribution in [0.5, 0.6) is 0 Å². The van der Waals surface area contributed by atoms with Crippen molar-refractivity contribution in [2.75, 3.05) is 14.1 Å². The van der Waals surface area contributed by atoms with Gasteiger partial charge < -0.3 is 5.32 Å². The van der Waals surface area contributed by atoms with Crippen LogP contribution in [0.25, 0.3) is 44.5 Å². The maximum Gasteiger partial charge on any atom is 0.0725 e. The summed E-state index contributed by atoms with van der Waals surface area (Å²) < 4.78 is 2.68. The predicted octanol–water partition coefficient (Wildman–Crippen LogP) is 12.2. The van der Waals surface area contributed by atoms with Gasteiger partial charge in [-0.1, -0.05) is 179 Å². The van der Waals surface area contributed by atoms with E-state index in [1.54, 1.807) is 0 Å². The van der Waals surface area contributed by atoms with E-state index in [9.17, 15) is 0 Å². The Labute approximate surface area is 321 Å². The second kappa shape index (κ2) is 19.4. The standard InChI is InChI=1S/C25H16.C13H8S.C7H8.C2H7N.2C2H6/c1-5-13-21-17(9-1)18-10-2-6-14-22(18)25(21)23-15-7-3-11-19(23)20-12-4-8-16-24(20)25;1-2-6-10-11-7-4-5-9-13(11)14-12(10)8-3-1;1-2-4-6-7-5-3-1;1-3-2;2*1-2/h1-16H;2-9H;1-6H,7H2;3H,1-2H3;2*1-2H3. The highest BCUT2D eigenvalue weighted by Crippen LogP contribution is 2.62. The fourth-order valence-electron chi connectivity index (χ4n) is 7.26. The Morgan fingerprint density at radius 1 is 0.509 bits per heavy atom. The van der Waals surface area contributed by atoms with Gasteiger partial charge in [0.2, 0.25) is 0 Å². The van der Waals surface area contributed by atoms with Crippen molar-refractivity contribution in [1.82, 2.24) is 5.32 Å². The molecule has 0 saturated heterocycles. The number of hydrogen-bond donors (Lipinski definition) is 1. The first-order valence-electron chi connectivity index (χ1n) is 18.8. The SMILES string of the molecule is C1=CC=CCC=C1.C1=CC=c2sc3ccccc3c2=CC=1.CC.CC.CNC.c1ccc2c(c1)-c1ccccc1C21c2ccccc2-c2ccccc21. The second-order valence-corrected chi connectivity index (χ2v) is 13.2. The molecule has 0 amide bonds. The molecule has 0 radical (unpaired) electrons. The highest BCUT2D eigenvalue weighted by Gasteiger charge is 2.51.